The molecule has 0 aliphatic rings. The molecule has 24 heavy (non-hydrogen) atoms. The van der Waals surface area contributed by atoms with Gasteiger partial charge in [0.15, 0.2) is 0 Å². The van der Waals surface area contributed by atoms with Crippen LogP contribution in [0.5, 0.6) is 5.75 Å². The van der Waals surface area contributed by atoms with Gasteiger partial charge >= 0.3 is 0 Å². The van der Waals surface area contributed by atoms with Crippen molar-refractivity contribution in [3.8, 4) is 17.6 Å². The molecule has 4 nitrogen and oxygen atoms in total. The first-order chi connectivity index (χ1) is 11.5. The summed E-state index contributed by atoms with van der Waals surface area (Å²) in [6.07, 6.45) is 0. The minimum Gasteiger partial charge on any atom is -0.479 e. The summed E-state index contributed by atoms with van der Waals surface area (Å²) in [7, 11) is -3.58. The molecule has 0 saturated carbocycles. The number of rotatable bonds is 6. The maximum atomic E-state index is 13.0. The fourth-order valence-corrected chi connectivity index (χ4v) is 3.04. The Hall–Kier alpha value is -2.07. The van der Waals surface area contributed by atoms with Crippen LogP contribution in [0.3, 0.4) is 0 Å². The predicted octanol–water partition coefficient (Wildman–Crippen LogP) is 2.98. The Balaban J connectivity index is 1.78. The fraction of sp³-hybridized carbons (Fsp3) is 0.176. The SMILES string of the molecule is O=S(=O)(Cc1cccc(F)c1)NCC#CCOc1ccccc1Cl. The summed E-state index contributed by atoms with van der Waals surface area (Å²) in [6, 6.07) is 12.4. The number of ether oxygens (including phenoxy) is 1. The van der Waals surface area contributed by atoms with Gasteiger partial charge in [-0.25, -0.2) is 17.5 Å². The standard InChI is InChI=1S/C17H15ClFNO3S/c18-16-8-1-2-9-17(16)23-11-4-3-10-20-24(21,22)13-14-6-5-7-15(19)12-14/h1-2,5-9,12,20H,10-11,13H2. The van der Waals surface area contributed by atoms with Crippen molar-refractivity contribution < 1.29 is 17.5 Å². The third-order valence-corrected chi connectivity index (χ3v) is 4.50. The molecule has 0 aliphatic heterocycles. The molecule has 0 amide bonds. The molecular weight excluding hydrogens is 353 g/mol. The molecule has 2 aromatic carbocycles. The van der Waals surface area contributed by atoms with Gasteiger partial charge in [-0.2, -0.15) is 0 Å². The van der Waals surface area contributed by atoms with E-state index in [1.165, 1.54) is 18.2 Å². The van der Waals surface area contributed by atoms with Crippen LogP contribution >= 0.6 is 11.6 Å². The van der Waals surface area contributed by atoms with Crippen molar-refractivity contribution in [1.29, 1.82) is 0 Å². The fourth-order valence-electron chi connectivity index (χ4n) is 1.83. The number of nitrogens with one attached hydrogen (secondary N) is 1. The minimum atomic E-state index is -3.58. The van der Waals surface area contributed by atoms with E-state index in [-0.39, 0.29) is 18.9 Å². The molecule has 0 bridgehead atoms. The van der Waals surface area contributed by atoms with Crippen LogP contribution in [0.2, 0.25) is 5.02 Å². The van der Waals surface area contributed by atoms with Gasteiger partial charge < -0.3 is 4.74 Å². The second kappa shape index (κ2) is 8.69. The van der Waals surface area contributed by atoms with Crippen molar-refractivity contribution in [3.05, 3.63) is 64.9 Å². The summed E-state index contributed by atoms with van der Waals surface area (Å²) in [6.45, 7) is 0.0406. The van der Waals surface area contributed by atoms with Crippen LogP contribution < -0.4 is 9.46 Å². The molecule has 1 N–H and O–H groups in total. The molecule has 0 unspecified atom stereocenters. The predicted molar refractivity (Wildman–Crippen MR) is 91.7 cm³/mol. The molecule has 0 fully saturated rings. The number of hydrogen-bond acceptors (Lipinski definition) is 3. The average molecular weight is 368 g/mol. The first kappa shape index (κ1) is 18.3. The highest BCUT2D eigenvalue weighted by Crippen LogP contribution is 2.22. The lowest BCUT2D eigenvalue weighted by molar-refractivity contribution is 0.370. The zero-order chi connectivity index (χ0) is 17.4. The summed E-state index contributed by atoms with van der Waals surface area (Å²) in [5.74, 6) is 5.07. The van der Waals surface area contributed by atoms with Gasteiger partial charge in [-0.15, -0.1) is 0 Å². The zero-order valence-corrected chi connectivity index (χ0v) is 14.2. The van der Waals surface area contributed by atoms with Gasteiger partial charge in [0, 0.05) is 0 Å². The van der Waals surface area contributed by atoms with E-state index < -0.39 is 15.8 Å². The highest BCUT2D eigenvalue weighted by Gasteiger charge is 2.10. The molecule has 0 aliphatic carbocycles. The van der Waals surface area contributed by atoms with Gasteiger partial charge in [-0.05, 0) is 29.8 Å². The Labute approximate surface area is 145 Å². The number of halogens is 2. The molecule has 0 aromatic heterocycles. The first-order valence-electron chi connectivity index (χ1n) is 7.01. The highest BCUT2D eigenvalue weighted by molar-refractivity contribution is 7.88. The maximum absolute atomic E-state index is 13.0. The molecule has 0 atom stereocenters. The van der Waals surface area contributed by atoms with Crippen LogP contribution in [0.4, 0.5) is 4.39 Å². The third kappa shape index (κ3) is 6.20. The van der Waals surface area contributed by atoms with Gasteiger partial charge in [-0.1, -0.05) is 47.7 Å². The summed E-state index contributed by atoms with van der Waals surface area (Å²) < 4.78 is 44.4. The van der Waals surface area contributed by atoms with Gasteiger partial charge in [0.25, 0.3) is 0 Å². The minimum absolute atomic E-state index is 0.0521. The van der Waals surface area contributed by atoms with E-state index in [0.29, 0.717) is 16.3 Å². The van der Waals surface area contributed by atoms with Crippen LogP contribution in [0.1, 0.15) is 5.56 Å². The van der Waals surface area contributed by atoms with Crippen LogP contribution in [-0.4, -0.2) is 21.6 Å². The van der Waals surface area contributed by atoms with E-state index in [1.807, 2.05) is 0 Å². The monoisotopic (exact) mass is 367 g/mol. The Bertz CT molecular complexity index is 859. The van der Waals surface area contributed by atoms with Crippen molar-refractivity contribution >= 4 is 21.6 Å². The second-order valence-electron chi connectivity index (χ2n) is 4.78. The van der Waals surface area contributed by atoms with Crippen LogP contribution in [0.25, 0.3) is 0 Å². The topological polar surface area (TPSA) is 55.4 Å². The van der Waals surface area contributed by atoms with Gasteiger partial charge in [0.2, 0.25) is 10.0 Å². The van der Waals surface area contributed by atoms with Crippen molar-refractivity contribution in [3.63, 3.8) is 0 Å². The van der Waals surface area contributed by atoms with Crippen molar-refractivity contribution in [2.75, 3.05) is 13.2 Å². The van der Waals surface area contributed by atoms with E-state index in [4.69, 9.17) is 16.3 Å². The normalized spacial score (nSPS) is 10.8. The smallest absolute Gasteiger partial charge is 0.216 e. The van der Waals surface area contributed by atoms with Crippen molar-refractivity contribution in [2.45, 2.75) is 5.75 Å². The summed E-state index contributed by atoms with van der Waals surface area (Å²) >= 11 is 5.92. The Morgan fingerprint density at radius 1 is 1.12 bits per heavy atom. The quantitative estimate of drug-likeness (QED) is 0.798. The molecule has 2 aromatic rings. The number of para-hydroxylation sites is 1. The lowest BCUT2D eigenvalue weighted by atomic mass is 10.2. The van der Waals surface area contributed by atoms with Crippen LogP contribution in [0, 0.1) is 17.7 Å². The largest absolute Gasteiger partial charge is 0.479 e. The average Bonchev–Trinajstić information content (AvgIpc) is 2.52. The highest BCUT2D eigenvalue weighted by atomic mass is 35.5. The van der Waals surface area contributed by atoms with E-state index in [0.717, 1.165) is 0 Å². The molecule has 0 saturated heterocycles. The number of hydrogen-bond donors (Lipinski definition) is 1. The molecule has 0 heterocycles. The van der Waals surface area contributed by atoms with Crippen LogP contribution in [-0.2, 0) is 15.8 Å². The second-order valence-corrected chi connectivity index (χ2v) is 7.00. The van der Waals surface area contributed by atoms with E-state index in [2.05, 4.69) is 16.6 Å². The maximum Gasteiger partial charge on any atom is 0.216 e. The summed E-state index contributed by atoms with van der Waals surface area (Å²) in [5, 5.41) is 0.482. The van der Waals surface area contributed by atoms with Gasteiger partial charge in [-0.3, -0.25) is 0 Å². The Morgan fingerprint density at radius 2 is 1.92 bits per heavy atom. The van der Waals surface area contributed by atoms with Gasteiger partial charge in [0.1, 0.15) is 18.2 Å². The molecule has 7 heteroatoms. The third-order valence-electron chi connectivity index (χ3n) is 2.89. The lowest BCUT2D eigenvalue weighted by Gasteiger charge is -2.04. The van der Waals surface area contributed by atoms with E-state index >= 15 is 0 Å². The Kier molecular flexibility index (Phi) is 6.62. The lowest BCUT2D eigenvalue weighted by Crippen LogP contribution is -2.25. The molecule has 126 valence electrons. The molecule has 0 radical (unpaired) electrons. The van der Waals surface area contributed by atoms with Crippen LogP contribution in [0.15, 0.2) is 48.5 Å². The zero-order valence-electron chi connectivity index (χ0n) is 12.6. The van der Waals surface area contributed by atoms with E-state index in [1.54, 1.807) is 30.3 Å². The summed E-state index contributed by atoms with van der Waals surface area (Å²) in [5.41, 5.74) is 0.373. The summed E-state index contributed by atoms with van der Waals surface area (Å²) in [4.78, 5) is 0. The van der Waals surface area contributed by atoms with Crippen molar-refractivity contribution in [2.24, 2.45) is 0 Å². The van der Waals surface area contributed by atoms with E-state index in [9.17, 15) is 12.8 Å². The van der Waals surface area contributed by atoms with Crippen molar-refractivity contribution in [1.82, 2.24) is 4.72 Å². The first-order valence-corrected chi connectivity index (χ1v) is 9.04. The number of benzene rings is 2. The number of sulfonamides is 1. The molecule has 0 spiro atoms. The Morgan fingerprint density at radius 3 is 2.67 bits per heavy atom. The molecular formula is C17H15ClFNO3S. The molecule has 2 rings (SSSR count). The van der Waals surface area contributed by atoms with Gasteiger partial charge in [0.05, 0.1) is 17.3 Å².